The number of carbonyl (C=O) groups excluding carboxylic acids is 4. The normalized spacial score (nSPS) is 28.0. The number of amides is 3. The molecule has 0 spiro atoms. The summed E-state index contributed by atoms with van der Waals surface area (Å²) in [5.41, 5.74) is 6.47. The van der Waals surface area contributed by atoms with Gasteiger partial charge in [-0.05, 0) is 42.9 Å². The number of epoxide rings is 1. The van der Waals surface area contributed by atoms with E-state index in [1.54, 1.807) is 19.9 Å². The highest BCUT2D eigenvalue weighted by atomic mass is 16.6. The first-order valence-corrected chi connectivity index (χ1v) is 13.9. The second kappa shape index (κ2) is 13.0. The molecule has 0 aromatic heterocycles. The van der Waals surface area contributed by atoms with E-state index >= 15 is 0 Å². The molecule has 1 aromatic rings. The molecular weight excluding hydrogens is 512 g/mol. The van der Waals surface area contributed by atoms with Crippen molar-refractivity contribution in [3.8, 4) is 0 Å². The maximum absolute atomic E-state index is 13.6. The third-order valence-electron chi connectivity index (χ3n) is 7.25. The molecule has 0 aliphatic carbocycles. The Balaban J connectivity index is 1.85. The molecule has 1 fully saturated rings. The quantitative estimate of drug-likeness (QED) is 0.321. The van der Waals surface area contributed by atoms with Crippen molar-refractivity contribution in [2.75, 3.05) is 13.1 Å². The van der Waals surface area contributed by atoms with E-state index in [0.717, 1.165) is 11.1 Å². The fourth-order valence-electron chi connectivity index (χ4n) is 4.61. The van der Waals surface area contributed by atoms with Gasteiger partial charge in [0.15, 0.2) is 0 Å². The number of cyclic esters (lactones) is 1. The van der Waals surface area contributed by atoms with E-state index in [9.17, 15) is 19.2 Å². The van der Waals surface area contributed by atoms with E-state index in [0.29, 0.717) is 13.0 Å². The van der Waals surface area contributed by atoms with E-state index < -0.39 is 35.3 Å². The largest absolute Gasteiger partial charge is 0.460 e. The lowest BCUT2D eigenvalue weighted by Crippen LogP contribution is -2.52. The molecule has 0 bridgehead atoms. The Kier molecular flexibility index (Phi) is 10.1. The first-order chi connectivity index (χ1) is 18.7. The van der Waals surface area contributed by atoms with E-state index in [1.165, 1.54) is 6.08 Å². The molecule has 5 atom stereocenters. The summed E-state index contributed by atoms with van der Waals surface area (Å²) in [5, 5.41) is 8.08. The van der Waals surface area contributed by atoms with Gasteiger partial charge in [-0.25, -0.2) is 4.79 Å². The van der Waals surface area contributed by atoms with Crippen LogP contribution in [0, 0.1) is 16.7 Å². The van der Waals surface area contributed by atoms with Crippen LogP contribution >= 0.6 is 0 Å². The third-order valence-corrected chi connectivity index (χ3v) is 7.25. The van der Waals surface area contributed by atoms with Crippen molar-refractivity contribution in [2.45, 2.75) is 85.3 Å². The zero-order valence-electron chi connectivity index (χ0n) is 24.4. The predicted octanol–water partition coefficient (Wildman–Crippen LogP) is 2.27. The lowest BCUT2D eigenvalue weighted by molar-refractivity contribution is -0.157. The fraction of sp³-hybridized carbons (Fsp3) is 0.600. The minimum atomic E-state index is -1.01. The van der Waals surface area contributed by atoms with Crippen LogP contribution in [0.1, 0.15) is 71.6 Å². The third kappa shape index (κ3) is 8.89. The first kappa shape index (κ1) is 31.3. The Bertz CT molecular complexity index is 1110. The minimum absolute atomic E-state index is 0.0347. The summed E-state index contributed by atoms with van der Waals surface area (Å²) in [6.07, 6.45) is 2.63. The first-order valence-electron chi connectivity index (χ1n) is 13.9. The van der Waals surface area contributed by atoms with Crippen LogP contribution in [0.3, 0.4) is 0 Å². The zero-order chi connectivity index (χ0) is 29.7. The standard InChI is InChI=1S/C30H44N4O6/c1-18(25-26(40-25)20-12-10-19(15-31)11-13-20)22-8-7-9-23(35)32-16-24(36)33-17-30(5,6)28(38)34-21(27(37)39-22)14-29(2,3)4/h7,9-13,18,21-22,25-26H,8,14-17,31H2,1-6H3,(H,32,35)(H,33,36)(H,34,38)/b9-7+/t18-,21-,22-,25+,26+/m0/s1. The fourth-order valence-corrected chi connectivity index (χ4v) is 4.61. The number of carbonyl (C=O) groups is 4. The van der Waals surface area contributed by atoms with Crippen molar-refractivity contribution in [2.24, 2.45) is 22.5 Å². The summed E-state index contributed by atoms with van der Waals surface area (Å²) in [6, 6.07) is 7.02. The Morgan fingerprint density at radius 2 is 1.75 bits per heavy atom. The van der Waals surface area contributed by atoms with Gasteiger partial charge in [-0.15, -0.1) is 0 Å². The van der Waals surface area contributed by atoms with Crippen molar-refractivity contribution in [3.63, 3.8) is 0 Å². The zero-order valence-corrected chi connectivity index (χ0v) is 24.4. The maximum Gasteiger partial charge on any atom is 0.328 e. The van der Waals surface area contributed by atoms with Crippen LogP contribution in [-0.4, -0.2) is 55.0 Å². The van der Waals surface area contributed by atoms with Gasteiger partial charge in [0.1, 0.15) is 18.2 Å². The number of nitrogens with two attached hydrogens (primary N) is 1. The van der Waals surface area contributed by atoms with Crippen molar-refractivity contribution in [3.05, 3.63) is 47.5 Å². The van der Waals surface area contributed by atoms with Gasteiger partial charge < -0.3 is 31.2 Å². The lowest BCUT2D eigenvalue weighted by Gasteiger charge is -2.31. The van der Waals surface area contributed by atoms with Crippen LogP contribution in [0.4, 0.5) is 0 Å². The van der Waals surface area contributed by atoms with Gasteiger partial charge in [-0.3, -0.25) is 14.4 Å². The lowest BCUT2D eigenvalue weighted by atomic mass is 9.86. The van der Waals surface area contributed by atoms with E-state index in [2.05, 4.69) is 16.0 Å². The van der Waals surface area contributed by atoms with Gasteiger partial charge in [0.2, 0.25) is 17.7 Å². The molecule has 2 heterocycles. The van der Waals surface area contributed by atoms with Crippen LogP contribution in [0.15, 0.2) is 36.4 Å². The number of hydrogen-bond acceptors (Lipinski definition) is 7. The number of rotatable bonds is 5. The SMILES string of the molecule is C[C@H]([C@H]1O[C@@H]1c1ccc(CN)cc1)[C@@H]1C/C=C/C(=O)NCC(=O)NCC(C)(C)C(=O)N[C@@H](CC(C)(C)C)C(=O)O1. The van der Waals surface area contributed by atoms with Crippen LogP contribution in [-0.2, 0) is 35.2 Å². The minimum Gasteiger partial charge on any atom is -0.460 e. The van der Waals surface area contributed by atoms with Crippen molar-refractivity contribution < 1.29 is 28.7 Å². The van der Waals surface area contributed by atoms with Crippen molar-refractivity contribution >= 4 is 23.7 Å². The number of hydrogen-bond donors (Lipinski definition) is 4. The van der Waals surface area contributed by atoms with E-state index in [-0.39, 0.29) is 49.0 Å². The second-order valence-corrected chi connectivity index (χ2v) is 12.6. The van der Waals surface area contributed by atoms with Crippen LogP contribution in [0.25, 0.3) is 0 Å². The molecule has 10 nitrogen and oxygen atoms in total. The average Bonchev–Trinajstić information content (AvgIpc) is 3.69. The van der Waals surface area contributed by atoms with Gasteiger partial charge in [0.25, 0.3) is 0 Å². The second-order valence-electron chi connectivity index (χ2n) is 12.6. The van der Waals surface area contributed by atoms with Crippen LogP contribution < -0.4 is 21.7 Å². The summed E-state index contributed by atoms with van der Waals surface area (Å²) in [4.78, 5) is 51.4. The number of benzene rings is 1. The molecule has 3 amide bonds. The molecule has 2 aliphatic rings. The van der Waals surface area contributed by atoms with Crippen molar-refractivity contribution in [1.82, 2.24) is 16.0 Å². The summed E-state index contributed by atoms with van der Waals surface area (Å²) < 4.78 is 12.1. The molecule has 2 aliphatic heterocycles. The number of esters is 1. The molecule has 1 saturated heterocycles. The molecule has 10 heteroatoms. The summed E-state index contributed by atoms with van der Waals surface area (Å²) >= 11 is 0. The highest BCUT2D eigenvalue weighted by Gasteiger charge is 2.47. The van der Waals surface area contributed by atoms with Crippen LogP contribution in [0.5, 0.6) is 0 Å². The molecule has 0 saturated carbocycles. The van der Waals surface area contributed by atoms with Gasteiger partial charge >= 0.3 is 5.97 Å². The Morgan fingerprint density at radius 1 is 1.07 bits per heavy atom. The Labute approximate surface area is 236 Å². The molecule has 220 valence electrons. The monoisotopic (exact) mass is 556 g/mol. The molecule has 3 rings (SSSR count). The predicted molar refractivity (Wildman–Crippen MR) is 151 cm³/mol. The topological polar surface area (TPSA) is 152 Å². The van der Waals surface area contributed by atoms with Crippen LogP contribution in [0.2, 0.25) is 0 Å². The van der Waals surface area contributed by atoms with Gasteiger partial charge in [-0.1, -0.05) is 58.0 Å². The van der Waals surface area contributed by atoms with Gasteiger partial charge in [0, 0.05) is 25.4 Å². The smallest absolute Gasteiger partial charge is 0.328 e. The van der Waals surface area contributed by atoms with Gasteiger partial charge in [-0.2, -0.15) is 0 Å². The Hall–Kier alpha value is -3.24. The molecule has 40 heavy (non-hydrogen) atoms. The highest BCUT2D eigenvalue weighted by molar-refractivity contribution is 5.92. The van der Waals surface area contributed by atoms with Crippen molar-refractivity contribution in [1.29, 1.82) is 0 Å². The molecule has 5 N–H and O–H groups in total. The van der Waals surface area contributed by atoms with Gasteiger partial charge in [0.05, 0.1) is 18.1 Å². The summed E-state index contributed by atoms with van der Waals surface area (Å²) in [7, 11) is 0. The Morgan fingerprint density at radius 3 is 2.38 bits per heavy atom. The average molecular weight is 557 g/mol. The highest BCUT2D eigenvalue weighted by Crippen LogP contribution is 2.45. The molecule has 1 aromatic carbocycles. The summed E-state index contributed by atoms with van der Waals surface area (Å²) in [5.74, 6) is -1.99. The number of ether oxygens (including phenoxy) is 2. The molecule has 0 radical (unpaired) electrons. The maximum atomic E-state index is 13.6. The molecular formula is C30H44N4O6. The number of nitrogens with one attached hydrogen (secondary N) is 3. The molecule has 0 unspecified atom stereocenters. The summed E-state index contributed by atoms with van der Waals surface area (Å²) in [6.45, 7) is 11.5. The van der Waals surface area contributed by atoms with E-state index in [1.807, 2.05) is 52.0 Å². The van der Waals surface area contributed by atoms with E-state index in [4.69, 9.17) is 15.2 Å².